The molecule has 1 aromatic carbocycles. The Labute approximate surface area is 165 Å². The van der Waals surface area contributed by atoms with Gasteiger partial charge in [0, 0.05) is 16.8 Å². The van der Waals surface area contributed by atoms with Gasteiger partial charge in [-0.15, -0.1) is 0 Å². The van der Waals surface area contributed by atoms with Crippen LogP contribution in [0.4, 0.5) is 0 Å². The number of hydrogen-bond acceptors (Lipinski definition) is 3. The summed E-state index contributed by atoms with van der Waals surface area (Å²) in [5, 5.41) is 0.744. The highest BCUT2D eigenvalue weighted by atomic mass is 35.5. The number of benzene rings is 1. The summed E-state index contributed by atoms with van der Waals surface area (Å²) in [5.41, 5.74) is 13.1. The number of allylic oxidation sites excluding steroid dienone is 3. The van der Waals surface area contributed by atoms with Crippen molar-refractivity contribution in [1.29, 1.82) is 0 Å². The quantitative estimate of drug-likeness (QED) is 0.674. The molecule has 3 nitrogen and oxygen atoms in total. The first-order valence-electron chi connectivity index (χ1n) is 8.52. The smallest absolute Gasteiger partial charge is 0.0720 e. The van der Waals surface area contributed by atoms with Crippen LogP contribution in [0, 0.1) is 6.92 Å². The molecule has 0 fully saturated rings. The molecule has 1 aromatic heterocycles. The first-order valence-corrected chi connectivity index (χ1v) is 9.30. The Bertz CT molecular complexity index is 928. The van der Waals surface area contributed by atoms with Crippen molar-refractivity contribution in [2.75, 3.05) is 6.54 Å². The van der Waals surface area contributed by atoms with E-state index in [1.165, 1.54) is 0 Å². The second kappa shape index (κ2) is 8.12. The van der Waals surface area contributed by atoms with Crippen LogP contribution in [0.5, 0.6) is 0 Å². The van der Waals surface area contributed by atoms with Crippen LogP contribution in [0.25, 0.3) is 11.6 Å². The molecule has 0 spiro atoms. The third-order valence-corrected chi connectivity index (χ3v) is 5.07. The molecule has 0 aliphatic carbocycles. The highest BCUT2D eigenvalue weighted by molar-refractivity contribution is 7.78. The lowest BCUT2D eigenvalue weighted by atomic mass is 10.0. The van der Waals surface area contributed by atoms with E-state index in [0.717, 1.165) is 50.8 Å². The van der Waals surface area contributed by atoms with Crippen LogP contribution >= 0.6 is 24.4 Å². The Morgan fingerprint density at radius 2 is 2.04 bits per heavy atom. The van der Waals surface area contributed by atoms with Crippen molar-refractivity contribution in [2.24, 2.45) is 10.7 Å². The van der Waals surface area contributed by atoms with E-state index in [1.807, 2.05) is 46.6 Å². The van der Waals surface area contributed by atoms with E-state index >= 15 is 0 Å². The number of rotatable bonds is 5. The van der Waals surface area contributed by atoms with Crippen molar-refractivity contribution in [3.8, 4) is 0 Å². The van der Waals surface area contributed by atoms with Gasteiger partial charge in [0.15, 0.2) is 0 Å². The molecule has 1 aliphatic rings. The third kappa shape index (κ3) is 3.88. The fraction of sp³-hybridized carbons (Fsp3) is 0.190. The third-order valence-electron chi connectivity index (χ3n) is 4.39. The van der Waals surface area contributed by atoms with Crippen molar-refractivity contribution in [2.45, 2.75) is 20.3 Å². The molecule has 3 rings (SSSR count). The predicted molar refractivity (Wildman–Crippen MR) is 116 cm³/mol. The van der Waals surface area contributed by atoms with E-state index in [-0.39, 0.29) is 0 Å². The van der Waals surface area contributed by atoms with E-state index in [9.17, 15) is 0 Å². The zero-order valence-electron chi connectivity index (χ0n) is 14.9. The Morgan fingerprint density at radius 1 is 1.23 bits per heavy atom. The van der Waals surface area contributed by atoms with Crippen molar-refractivity contribution in [3.63, 3.8) is 0 Å². The number of thiol groups is 1. The van der Waals surface area contributed by atoms with Crippen molar-refractivity contribution < 1.29 is 0 Å². The first-order chi connectivity index (χ1) is 12.5. The molecule has 26 heavy (non-hydrogen) atoms. The summed E-state index contributed by atoms with van der Waals surface area (Å²) in [6.07, 6.45) is 8.77. The lowest BCUT2D eigenvalue weighted by Gasteiger charge is -2.10. The van der Waals surface area contributed by atoms with Gasteiger partial charge in [-0.1, -0.05) is 42.6 Å². The molecule has 0 radical (unpaired) electrons. The number of aliphatic imine (C=N–C) groups is 1. The number of nitrogens with two attached hydrogens (primary N) is 1. The fourth-order valence-electron chi connectivity index (χ4n) is 3.08. The van der Waals surface area contributed by atoms with E-state index < -0.39 is 0 Å². The van der Waals surface area contributed by atoms with Crippen LogP contribution in [0.15, 0.2) is 64.9 Å². The van der Waals surface area contributed by atoms with Crippen LogP contribution in [0.3, 0.4) is 0 Å². The second-order valence-electron chi connectivity index (χ2n) is 6.27. The minimum absolute atomic E-state index is 0.560. The number of aromatic nitrogens is 1. The van der Waals surface area contributed by atoms with Gasteiger partial charge in [-0.2, -0.15) is 0 Å². The molecule has 134 valence electrons. The minimum Gasteiger partial charge on any atom is -0.330 e. The van der Waals surface area contributed by atoms with Gasteiger partial charge in [0.25, 0.3) is 0 Å². The molecule has 2 aromatic rings. The summed E-state index contributed by atoms with van der Waals surface area (Å²) in [6, 6.07) is 9.91. The summed E-state index contributed by atoms with van der Waals surface area (Å²) < 4.78 is 1.81. The summed E-state index contributed by atoms with van der Waals surface area (Å²) in [7, 11) is 0. The molecule has 0 saturated carbocycles. The molecule has 5 heteroatoms. The molecule has 2 N–H and O–H groups in total. The van der Waals surface area contributed by atoms with E-state index in [4.69, 9.17) is 22.3 Å². The van der Waals surface area contributed by atoms with Crippen LogP contribution in [0.2, 0.25) is 5.02 Å². The van der Waals surface area contributed by atoms with Crippen LogP contribution in [-0.2, 0) is 0 Å². The standard InChI is InChI=1S/C21H22ClN3S/c1-14-5-3-6-19(22)17(14)9-8-16-13-15(2)21(24-16)18(10-11-23)20-7-4-12-25(20)26/h3-9,12-13,26H,10-11,23H2,1-2H3/b9-8+,21-18-. The number of aryl methyl sites for hydroxylation is 1. The van der Waals surface area contributed by atoms with Gasteiger partial charge in [0.1, 0.15) is 0 Å². The number of halogens is 1. The summed E-state index contributed by atoms with van der Waals surface area (Å²) >= 11 is 10.8. The van der Waals surface area contributed by atoms with Gasteiger partial charge in [0.2, 0.25) is 0 Å². The topological polar surface area (TPSA) is 43.3 Å². The van der Waals surface area contributed by atoms with Crippen molar-refractivity contribution >= 4 is 41.8 Å². The van der Waals surface area contributed by atoms with Gasteiger partial charge in [-0.3, -0.25) is 3.97 Å². The summed E-state index contributed by atoms with van der Waals surface area (Å²) in [4.78, 5) is 4.83. The number of hydrogen-bond donors (Lipinski definition) is 2. The molecule has 0 bridgehead atoms. The van der Waals surface area contributed by atoms with Gasteiger partial charge in [-0.25, -0.2) is 4.99 Å². The maximum atomic E-state index is 6.31. The van der Waals surface area contributed by atoms with Crippen molar-refractivity contribution in [3.05, 3.63) is 81.8 Å². The normalized spacial score (nSPS) is 16.2. The van der Waals surface area contributed by atoms with Crippen molar-refractivity contribution in [1.82, 2.24) is 3.97 Å². The Hall–Kier alpha value is -2.01. The first kappa shape index (κ1) is 18.8. The zero-order chi connectivity index (χ0) is 18.7. The molecule has 0 amide bonds. The highest BCUT2D eigenvalue weighted by Crippen LogP contribution is 2.31. The van der Waals surface area contributed by atoms with E-state index in [2.05, 4.69) is 38.8 Å². The van der Waals surface area contributed by atoms with Crippen LogP contribution in [-0.4, -0.2) is 16.2 Å². The molecular weight excluding hydrogens is 362 g/mol. The Morgan fingerprint density at radius 3 is 2.69 bits per heavy atom. The highest BCUT2D eigenvalue weighted by Gasteiger charge is 2.17. The zero-order valence-corrected chi connectivity index (χ0v) is 16.6. The maximum absolute atomic E-state index is 6.31. The van der Waals surface area contributed by atoms with Gasteiger partial charge in [-0.05, 0) is 73.9 Å². The monoisotopic (exact) mass is 383 g/mol. The SMILES string of the molecule is CC1=CC(/C=C/c2c(C)cccc2Cl)=NC/1=C(/CCN)c1cccn1S. The average Bonchev–Trinajstić information content (AvgIpc) is 3.18. The number of nitrogens with zero attached hydrogens (tertiary/aromatic N) is 2. The molecule has 0 unspecified atom stereocenters. The lowest BCUT2D eigenvalue weighted by molar-refractivity contribution is 0.999. The van der Waals surface area contributed by atoms with Gasteiger partial charge < -0.3 is 5.73 Å². The molecule has 0 atom stereocenters. The lowest BCUT2D eigenvalue weighted by Crippen LogP contribution is -2.03. The second-order valence-corrected chi connectivity index (χ2v) is 7.11. The Kier molecular flexibility index (Phi) is 5.87. The molecular formula is C21H22ClN3S. The summed E-state index contributed by atoms with van der Waals surface area (Å²) in [6.45, 7) is 4.68. The van der Waals surface area contributed by atoms with E-state index in [1.54, 1.807) is 0 Å². The predicted octanol–water partition coefficient (Wildman–Crippen LogP) is 5.32. The van der Waals surface area contributed by atoms with Crippen LogP contribution < -0.4 is 5.73 Å². The molecule has 1 aliphatic heterocycles. The molecule has 0 saturated heterocycles. The summed E-state index contributed by atoms with van der Waals surface area (Å²) in [5.74, 6) is 0. The van der Waals surface area contributed by atoms with E-state index in [0.29, 0.717) is 6.54 Å². The largest absolute Gasteiger partial charge is 0.330 e. The maximum Gasteiger partial charge on any atom is 0.0720 e. The van der Waals surface area contributed by atoms with Crippen LogP contribution in [0.1, 0.15) is 30.2 Å². The van der Waals surface area contributed by atoms with Gasteiger partial charge >= 0.3 is 0 Å². The fourth-order valence-corrected chi connectivity index (χ4v) is 3.63. The average molecular weight is 384 g/mol. The molecule has 2 heterocycles. The Balaban J connectivity index is 1.99. The minimum atomic E-state index is 0.560. The van der Waals surface area contributed by atoms with Gasteiger partial charge in [0.05, 0.1) is 17.1 Å².